The van der Waals surface area contributed by atoms with Crippen LogP contribution in [0.5, 0.6) is 5.75 Å². The van der Waals surface area contributed by atoms with Crippen molar-refractivity contribution in [2.24, 2.45) is 5.92 Å². The summed E-state index contributed by atoms with van der Waals surface area (Å²) in [6.45, 7) is 2.27. The minimum absolute atomic E-state index is 0.0400. The Kier molecular flexibility index (Phi) is 11.2. The number of hydrogen-bond acceptors (Lipinski definition) is 7. The molecule has 0 aromatic heterocycles. The summed E-state index contributed by atoms with van der Waals surface area (Å²) >= 11 is 0. The Balaban J connectivity index is 0.000000568. The first-order valence-corrected chi connectivity index (χ1v) is 13.2. The summed E-state index contributed by atoms with van der Waals surface area (Å²) in [7, 11) is 1.71. The molecule has 1 heterocycles. The molecule has 0 saturated heterocycles. The zero-order chi connectivity index (χ0) is 26.8. The lowest BCUT2D eigenvalue weighted by Crippen LogP contribution is -2.47. The standard InChI is InChI=1S/C25H38N2O4.C2H2O4/c1-30-20-11-10-18-12-14-27(25(21(18)16-20)19-6-3-2-4-7-19)24(29)17-26-13-15-31-23-9-5-8-22(23)28;3-1(4)2(5)6/h10-11,16,19,22-23,25-26,28H,2-9,12-15,17H2,1H3;(H,3,4)(H,5,6)/t22-,23+,25?;/m0./s1. The molecule has 2 aliphatic carbocycles. The summed E-state index contributed by atoms with van der Waals surface area (Å²) in [5.74, 6) is -2.08. The number of carboxylic acid groups (broad SMARTS) is 2. The van der Waals surface area contributed by atoms with Crippen LogP contribution < -0.4 is 10.1 Å². The van der Waals surface area contributed by atoms with Crippen LogP contribution in [0.3, 0.4) is 0 Å². The van der Waals surface area contributed by atoms with Crippen molar-refractivity contribution in [2.75, 3.05) is 33.4 Å². The Morgan fingerprint density at radius 2 is 1.76 bits per heavy atom. The molecule has 2 saturated carbocycles. The molecule has 1 amide bonds. The highest BCUT2D eigenvalue weighted by Crippen LogP contribution is 2.43. The van der Waals surface area contributed by atoms with Gasteiger partial charge in [-0.3, -0.25) is 4.79 Å². The number of methoxy groups -OCH3 is 1. The molecule has 4 N–H and O–H groups in total. The summed E-state index contributed by atoms with van der Waals surface area (Å²) in [5, 5.41) is 27.9. The van der Waals surface area contributed by atoms with Gasteiger partial charge in [0.2, 0.25) is 5.91 Å². The van der Waals surface area contributed by atoms with Crippen LogP contribution >= 0.6 is 0 Å². The number of hydrogen-bond donors (Lipinski definition) is 4. The molecule has 206 valence electrons. The number of fused-ring (bicyclic) bond motifs is 1. The first-order chi connectivity index (χ1) is 17.8. The summed E-state index contributed by atoms with van der Waals surface area (Å²) in [6.07, 6.45) is 9.52. The van der Waals surface area contributed by atoms with Gasteiger partial charge >= 0.3 is 11.9 Å². The van der Waals surface area contributed by atoms with E-state index in [1.54, 1.807) is 7.11 Å². The first kappa shape index (κ1) is 28.9. The van der Waals surface area contributed by atoms with E-state index in [0.29, 0.717) is 25.6 Å². The fourth-order valence-electron chi connectivity index (χ4n) is 5.67. The molecule has 37 heavy (non-hydrogen) atoms. The Labute approximate surface area is 217 Å². The van der Waals surface area contributed by atoms with E-state index < -0.39 is 11.9 Å². The molecule has 4 rings (SSSR count). The van der Waals surface area contributed by atoms with Crippen LogP contribution in [0.4, 0.5) is 0 Å². The van der Waals surface area contributed by atoms with Gasteiger partial charge in [0.25, 0.3) is 0 Å². The number of carbonyl (C=O) groups is 3. The van der Waals surface area contributed by atoms with Gasteiger partial charge in [0.1, 0.15) is 5.75 Å². The van der Waals surface area contributed by atoms with Crippen LogP contribution in [0.25, 0.3) is 0 Å². The summed E-state index contributed by atoms with van der Waals surface area (Å²) in [4.78, 5) is 33.6. The van der Waals surface area contributed by atoms with Crippen molar-refractivity contribution in [3.8, 4) is 5.75 Å². The number of amides is 1. The Bertz CT molecular complexity index is 906. The number of nitrogens with one attached hydrogen (secondary N) is 1. The number of ether oxygens (including phenoxy) is 2. The number of carbonyl (C=O) groups excluding carboxylic acids is 1. The number of aliphatic carboxylic acids is 2. The number of nitrogens with zero attached hydrogens (tertiary/aromatic N) is 1. The van der Waals surface area contributed by atoms with Crippen molar-refractivity contribution in [1.82, 2.24) is 10.2 Å². The molecule has 0 spiro atoms. The largest absolute Gasteiger partial charge is 0.497 e. The lowest BCUT2D eigenvalue weighted by atomic mass is 9.77. The third-order valence-corrected chi connectivity index (χ3v) is 7.53. The second kappa shape index (κ2) is 14.3. The molecule has 10 heteroatoms. The maximum absolute atomic E-state index is 13.2. The fraction of sp³-hybridized carbons (Fsp3) is 0.667. The Morgan fingerprint density at radius 3 is 2.38 bits per heavy atom. The van der Waals surface area contributed by atoms with E-state index in [-0.39, 0.29) is 24.2 Å². The van der Waals surface area contributed by atoms with Crippen molar-refractivity contribution < 1.29 is 39.2 Å². The lowest BCUT2D eigenvalue weighted by Gasteiger charge is -2.43. The molecule has 2 fully saturated rings. The second-order valence-electron chi connectivity index (χ2n) is 9.94. The van der Waals surface area contributed by atoms with Crippen LogP contribution in [0, 0.1) is 5.92 Å². The average Bonchev–Trinajstić information content (AvgIpc) is 3.32. The fourth-order valence-corrected chi connectivity index (χ4v) is 5.67. The van der Waals surface area contributed by atoms with Gasteiger partial charge in [0.05, 0.1) is 38.5 Å². The van der Waals surface area contributed by atoms with Gasteiger partial charge in [0, 0.05) is 13.1 Å². The van der Waals surface area contributed by atoms with Crippen LogP contribution in [0.15, 0.2) is 18.2 Å². The average molecular weight is 521 g/mol. The topological polar surface area (TPSA) is 146 Å². The van der Waals surface area contributed by atoms with Crippen molar-refractivity contribution in [3.05, 3.63) is 29.3 Å². The quantitative estimate of drug-likeness (QED) is 0.300. The summed E-state index contributed by atoms with van der Waals surface area (Å²) < 4.78 is 11.3. The van der Waals surface area contributed by atoms with Crippen LogP contribution in [0.2, 0.25) is 0 Å². The number of benzene rings is 1. The number of rotatable bonds is 8. The SMILES string of the molecule is COc1ccc2c(c1)C(C1CCCCC1)N(C(=O)CNCCO[C@@H]1CCC[C@@H]1O)CC2.O=C(O)C(=O)O. The molecule has 10 nitrogen and oxygen atoms in total. The number of aliphatic hydroxyl groups is 1. The van der Waals surface area contributed by atoms with Crippen molar-refractivity contribution in [3.63, 3.8) is 0 Å². The Morgan fingerprint density at radius 1 is 1.03 bits per heavy atom. The van der Waals surface area contributed by atoms with Crippen molar-refractivity contribution in [1.29, 1.82) is 0 Å². The van der Waals surface area contributed by atoms with Gasteiger partial charge < -0.3 is 35.0 Å². The highest BCUT2D eigenvalue weighted by molar-refractivity contribution is 6.27. The molecular formula is C27H40N2O8. The van der Waals surface area contributed by atoms with E-state index in [1.165, 1.54) is 43.2 Å². The normalized spacial score (nSPS) is 23.5. The predicted molar refractivity (Wildman–Crippen MR) is 135 cm³/mol. The third kappa shape index (κ3) is 8.15. The molecule has 1 aromatic carbocycles. The van der Waals surface area contributed by atoms with Gasteiger partial charge in [-0.15, -0.1) is 0 Å². The second-order valence-corrected chi connectivity index (χ2v) is 9.94. The van der Waals surface area contributed by atoms with E-state index >= 15 is 0 Å². The van der Waals surface area contributed by atoms with Crippen molar-refractivity contribution >= 4 is 17.8 Å². The lowest BCUT2D eigenvalue weighted by molar-refractivity contribution is -0.159. The molecule has 3 aliphatic rings. The van der Waals surface area contributed by atoms with Gasteiger partial charge in [-0.2, -0.15) is 0 Å². The van der Waals surface area contributed by atoms with E-state index in [1.807, 2.05) is 6.07 Å². The van der Waals surface area contributed by atoms with E-state index in [0.717, 1.165) is 38.0 Å². The van der Waals surface area contributed by atoms with E-state index in [2.05, 4.69) is 22.3 Å². The Hall–Kier alpha value is -2.69. The molecule has 0 bridgehead atoms. The molecule has 0 radical (unpaired) electrons. The van der Waals surface area contributed by atoms with Gasteiger partial charge in [-0.1, -0.05) is 25.3 Å². The molecule has 1 aliphatic heterocycles. The summed E-state index contributed by atoms with van der Waals surface area (Å²) in [6, 6.07) is 6.52. The smallest absolute Gasteiger partial charge is 0.414 e. The summed E-state index contributed by atoms with van der Waals surface area (Å²) in [5.41, 5.74) is 2.64. The van der Waals surface area contributed by atoms with E-state index in [9.17, 15) is 9.90 Å². The van der Waals surface area contributed by atoms with Gasteiger partial charge in [-0.25, -0.2) is 9.59 Å². The first-order valence-electron chi connectivity index (χ1n) is 13.2. The van der Waals surface area contributed by atoms with Gasteiger partial charge in [0.15, 0.2) is 0 Å². The van der Waals surface area contributed by atoms with Gasteiger partial charge in [-0.05, 0) is 67.7 Å². The minimum atomic E-state index is -1.82. The number of aliphatic hydroxyl groups excluding tert-OH is 1. The predicted octanol–water partition coefficient (Wildman–Crippen LogP) is 2.38. The van der Waals surface area contributed by atoms with Crippen molar-refractivity contribution in [2.45, 2.75) is 76.0 Å². The van der Waals surface area contributed by atoms with Crippen LogP contribution in [-0.2, 0) is 25.5 Å². The molecular weight excluding hydrogens is 480 g/mol. The molecule has 1 aromatic rings. The highest BCUT2D eigenvalue weighted by atomic mass is 16.5. The van der Waals surface area contributed by atoms with Crippen LogP contribution in [-0.4, -0.2) is 83.6 Å². The third-order valence-electron chi connectivity index (χ3n) is 7.53. The highest BCUT2D eigenvalue weighted by Gasteiger charge is 2.37. The molecule has 3 atom stereocenters. The minimum Gasteiger partial charge on any atom is -0.497 e. The molecule has 1 unspecified atom stereocenters. The number of carboxylic acids is 2. The monoisotopic (exact) mass is 520 g/mol. The maximum atomic E-state index is 13.2. The maximum Gasteiger partial charge on any atom is 0.414 e. The zero-order valence-corrected chi connectivity index (χ0v) is 21.6. The van der Waals surface area contributed by atoms with E-state index in [4.69, 9.17) is 29.3 Å². The van der Waals surface area contributed by atoms with Crippen LogP contribution in [0.1, 0.15) is 68.5 Å². The zero-order valence-electron chi connectivity index (χ0n) is 21.6.